The molecule has 9 heteroatoms. The van der Waals surface area contributed by atoms with E-state index in [1.807, 2.05) is 24.3 Å². The Hall–Kier alpha value is -2.25. The van der Waals surface area contributed by atoms with Crippen LogP contribution in [0.2, 0.25) is 15.2 Å². The van der Waals surface area contributed by atoms with E-state index in [0.29, 0.717) is 32.9 Å². The van der Waals surface area contributed by atoms with Crippen molar-refractivity contribution in [1.29, 1.82) is 0 Å². The number of aromatic nitrogens is 2. The minimum Gasteiger partial charge on any atom is -0.497 e. The molecule has 3 nitrogen and oxygen atoms in total. The van der Waals surface area contributed by atoms with E-state index >= 15 is 0 Å². The second-order valence-corrected chi connectivity index (χ2v) is 9.31. The first kappa shape index (κ1) is 23.9. The Kier molecular flexibility index (Phi) is 7.49. The highest BCUT2D eigenvalue weighted by Crippen LogP contribution is 2.37. The van der Waals surface area contributed by atoms with Gasteiger partial charge in [-0.25, -0.2) is 13.8 Å². The Morgan fingerprint density at radius 2 is 1.48 bits per heavy atom. The number of ether oxygens (including phenoxy) is 1. The van der Waals surface area contributed by atoms with Gasteiger partial charge in [0, 0.05) is 5.75 Å². The van der Waals surface area contributed by atoms with Crippen molar-refractivity contribution >= 4 is 46.6 Å². The number of hydrogen-bond donors (Lipinski definition) is 1. The molecule has 0 aliphatic heterocycles. The molecule has 0 bridgehead atoms. The van der Waals surface area contributed by atoms with Crippen LogP contribution in [-0.2, 0) is 5.75 Å². The number of nitrogens with zero attached hydrogens (tertiary/aromatic N) is 1. The Balaban J connectivity index is 1.68. The van der Waals surface area contributed by atoms with Gasteiger partial charge in [0.1, 0.15) is 33.4 Å². The molecule has 1 heterocycles. The topological polar surface area (TPSA) is 37.9 Å². The van der Waals surface area contributed by atoms with Crippen molar-refractivity contribution in [3.63, 3.8) is 0 Å². The zero-order chi connectivity index (χ0) is 23.5. The summed E-state index contributed by atoms with van der Waals surface area (Å²) in [5.41, 5.74) is 2.39. The van der Waals surface area contributed by atoms with E-state index in [-0.39, 0.29) is 10.0 Å². The van der Waals surface area contributed by atoms with Gasteiger partial charge in [-0.3, -0.25) is 0 Å². The van der Waals surface area contributed by atoms with Crippen molar-refractivity contribution in [3.8, 4) is 5.75 Å². The van der Waals surface area contributed by atoms with Crippen molar-refractivity contribution in [1.82, 2.24) is 9.97 Å². The molecular weight excluding hydrogens is 509 g/mol. The fourth-order valence-corrected chi connectivity index (χ4v) is 4.87. The molecule has 0 fully saturated rings. The predicted molar refractivity (Wildman–Crippen MR) is 130 cm³/mol. The molecule has 0 spiro atoms. The zero-order valence-corrected chi connectivity index (χ0v) is 20.3. The van der Waals surface area contributed by atoms with Crippen LogP contribution in [0.4, 0.5) is 8.78 Å². The number of rotatable bonds is 7. The molecule has 0 amide bonds. The van der Waals surface area contributed by atoms with Gasteiger partial charge in [0.25, 0.3) is 0 Å². The number of H-pyrrole nitrogens is 1. The maximum absolute atomic E-state index is 13.8. The minimum atomic E-state index is -0.537. The molecule has 0 aliphatic carbocycles. The van der Waals surface area contributed by atoms with E-state index in [1.165, 1.54) is 36.0 Å². The molecular formula is C24H17Cl3F2N2OS. The number of aromatic amines is 1. The Morgan fingerprint density at radius 1 is 0.909 bits per heavy atom. The Bertz CT molecular complexity index is 1230. The van der Waals surface area contributed by atoms with Crippen molar-refractivity contribution in [2.45, 2.75) is 16.7 Å². The summed E-state index contributed by atoms with van der Waals surface area (Å²) in [6.07, 6.45) is 0. The van der Waals surface area contributed by atoms with Gasteiger partial charge in [0.05, 0.1) is 23.1 Å². The van der Waals surface area contributed by atoms with E-state index in [2.05, 4.69) is 4.98 Å². The molecule has 4 aromatic rings. The number of hydrogen-bond acceptors (Lipinski definition) is 3. The van der Waals surface area contributed by atoms with E-state index in [4.69, 9.17) is 44.5 Å². The largest absolute Gasteiger partial charge is 0.497 e. The van der Waals surface area contributed by atoms with Crippen LogP contribution in [0.3, 0.4) is 0 Å². The molecule has 0 radical (unpaired) electrons. The molecule has 1 aromatic heterocycles. The summed E-state index contributed by atoms with van der Waals surface area (Å²) in [6, 6.07) is 16.5. The molecule has 0 unspecified atom stereocenters. The van der Waals surface area contributed by atoms with Crippen LogP contribution >= 0.6 is 46.6 Å². The average Bonchev–Trinajstić information content (AvgIpc) is 3.17. The maximum atomic E-state index is 13.8. The second kappa shape index (κ2) is 10.3. The van der Waals surface area contributed by atoms with E-state index in [9.17, 15) is 8.78 Å². The maximum Gasteiger partial charge on any atom is 0.141 e. The van der Waals surface area contributed by atoms with Gasteiger partial charge in [-0.1, -0.05) is 70.8 Å². The number of benzene rings is 3. The van der Waals surface area contributed by atoms with E-state index in [0.717, 1.165) is 11.3 Å². The van der Waals surface area contributed by atoms with E-state index < -0.39 is 17.6 Å². The van der Waals surface area contributed by atoms with Gasteiger partial charge in [-0.15, -0.1) is 0 Å². The SMILES string of the molecule is COc1ccc(CSc2nc(C(c3ccc(F)c(Cl)c3)c3ccc(F)c(Cl)c3)[nH]c2Cl)cc1. The molecule has 170 valence electrons. The summed E-state index contributed by atoms with van der Waals surface area (Å²) in [7, 11) is 1.62. The standard InChI is InChI=1S/C24H17Cl3F2N2OS/c1-32-16-6-2-13(3-7-16)12-33-24-22(27)30-23(31-24)21(14-4-8-19(28)17(25)10-14)15-5-9-20(29)18(26)11-15/h2-11,21H,12H2,1H3,(H,30,31). The number of thioether (sulfide) groups is 1. The lowest BCUT2D eigenvalue weighted by Gasteiger charge is -2.17. The molecule has 0 saturated carbocycles. The first-order chi connectivity index (χ1) is 15.9. The summed E-state index contributed by atoms with van der Waals surface area (Å²) in [5.74, 6) is 0.330. The normalized spacial score (nSPS) is 11.2. The van der Waals surface area contributed by atoms with Crippen LogP contribution in [0, 0.1) is 11.6 Å². The molecule has 3 aromatic carbocycles. The smallest absolute Gasteiger partial charge is 0.141 e. The molecule has 0 atom stereocenters. The molecule has 33 heavy (non-hydrogen) atoms. The highest BCUT2D eigenvalue weighted by atomic mass is 35.5. The highest BCUT2D eigenvalue weighted by Gasteiger charge is 2.24. The summed E-state index contributed by atoms with van der Waals surface area (Å²) < 4.78 is 32.8. The van der Waals surface area contributed by atoms with Crippen LogP contribution in [0.1, 0.15) is 28.4 Å². The van der Waals surface area contributed by atoms with Crippen LogP contribution in [0.25, 0.3) is 0 Å². The van der Waals surface area contributed by atoms with Gasteiger partial charge in [-0.2, -0.15) is 0 Å². The van der Waals surface area contributed by atoms with Crippen molar-refractivity contribution in [2.24, 2.45) is 0 Å². The Labute approximate surface area is 209 Å². The van der Waals surface area contributed by atoms with Gasteiger partial charge in [0.2, 0.25) is 0 Å². The minimum absolute atomic E-state index is 0.0301. The first-order valence-corrected chi connectivity index (χ1v) is 11.9. The van der Waals surface area contributed by atoms with E-state index in [1.54, 1.807) is 19.2 Å². The monoisotopic (exact) mass is 524 g/mol. The lowest BCUT2D eigenvalue weighted by atomic mass is 9.90. The average molecular weight is 526 g/mol. The Morgan fingerprint density at radius 3 is 2.00 bits per heavy atom. The van der Waals surface area contributed by atoms with Crippen LogP contribution < -0.4 is 4.74 Å². The third kappa shape index (κ3) is 5.46. The van der Waals surface area contributed by atoms with Crippen molar-refractivity contribution in [3.05, 3.63) is 110 Å². The molecule has 0 saturated heterocycles. The third-order valence-corrected chi connectivity index (χ3v) is 7.02. The zero-order valence-electron chi connectivity index (χ0n) is 17.2. The summed E-state index contributed by atoms with van der Waals surface area (Å²) >= 11 is 20.0. The highest BCUT2D eigenvalue weighted by molar-refractivity contribution is 7.98. The van der Waals surface area contributed by atoms with Gasteiger partial charge in [0.15, 0.2) is 0 Å². The van der Waals surface area contributed by atoms with Gasteiger partial charge >= 0.3 is 0 Å². The quantitative estimate of drug-likeness (QED) is 0.248. The number of imidazole rings is 1. The summed E-state index contributed by atoms with van der Waals surface area (Å²) in [6.45, 7) is 0. The van der Waals surface area contributed by atoms with Crippen molar-refractivity contribution in [2.75, 3.05) is 7.11 Å². The van der Waals surface area contributed by atoms with Crippen LogP contribution in [0.5, 0.6) is 5.75 Å². The number of methoxy groups -OCH3 is 1. The first-order valence-electron chi connectivity index (χ1n) is 9.76. The molecule has 0 aliphatic rings. The lowest BCUT2D eigenvalue weighted by molar-refractivity contribution is 0.414. The van der Waals surface area contributed by atoms with Gasteiger partial charge < -0.3 is 9.72 Å². The molecule has 4 rings (SSSR count). The lowest BCUT2D eigenvalue weighted by Crippen LogP contribution is -2.06. The molecule has 1 N–H and O–H groups in total. The second-order valence-electron chi connectivity index (χ2n) is 7.16. The third-order valence-electron chi connectivity index (χ3n) is 5.01. The summed E-state index contributed by atoms with van der Waals surface area (Å²) in [4.78, 5) is 7.80. The fourth-order valence-electron chi connectivity index (χ4n) is 3.35. The fraction of sp³-hybridized carbons (Fsp3) is 0.125. The van der Waals surface area contributed by atoms with Crippen LogP contribution in [-0.4, -0.2) is 17.1 Å². The van der Waals surface area contributed by atoms with Crippen molar-refractivity contribution < 1.29 is 13.5 Å². The predicted octanol–water partition coefficient (Wildman–Crippen LogP) is 8.13. The van der Waals surface area contributed by atoms with Crippen LogP contribution in [0.15, 0.2) is 65.7 Å². The number of halogens is 5. The van der Waals surface area contributed by atoms with Gasteiger partial charge in [-0.05, 0) is 53.1 Å². The summed E-state index contributed by atoms with van der Waals surface area (Å²) in [5, 5.41) is 0.916. The number of nitrogens with one attached hydrogen (secondary N) is 1.